The number of benzene rings is 2. The van der Waals surface area contributed by atoms with Gasteiger partial charge in [0, 0.05) is 5.02 Å². The van der Waals surface area contributed by atoms with Gasteiger partial charge in [-0.2, -0.15) is 0 Å². The summed E-state index contributed by atoms with van der Waals surface area (Å²) in [5, 5.41) is 3.32. The van der Waals surface area contributed by atoms with E-state index in [2.05, 4.69) is 5.32 Å². The molecule has 5 nitrogen and oxygen atoms in total. The lowest BCUT2D eigenvalue weighted by Crippen LogP contribution is -2.31. The maximum Gasteiger partial charge on any atom is 0.344 e. The number of ether oxygens (including phenoxy) is 2. The molecule has 2 aromatic rings. The van der Waals surface area contributed by atoms with Gasteiger partial charge in [0.25, 0.3) is 5.91 Å². The fourth-order valence-electron chi connectivity index (χ4n) is 1.96. The molecule has 0 spiro atoms. The first-order valence-electron chi connectivity index (χ1n) is 7.50. The molecule has 1 amide bonds. The van der Waals surface area contributed by atoms with Crippen molar-refractivity contribution in [1.29, 1.82) is 0 Å². The molecule has 0 radical (unpaired) electrons. The third-order valence-corrected chi connectivity index (χ3v) is 3.76. The van der Waals surface area contributed by atoms with Crippen LogP contribution in [0.15, 0.2) is 42.5 Å². The van der Waals surface area contributed by atoms with Crippen molar-refractivity contribution in [2.75, 3.05) is 11.9 Å². The van der Waals surface area contributed by atoms with Crippen molar-refractivity contribution < 1.29 is 19.1 Å². The topological polar surface area (TPSA) is 64.6 Å². The molecule has 2 aromatic carbocycles. The third kappa shape index (κ3) is 5.96. The Morgan fingerprint density at radius 1 is 1.16 bits per heavy atom. The summed E-state index contributed by atoms with van der Waals surface area (Å²) in [6.45, 7) is 3.09. The number of amides is 1. The zero-order chi connectivity index (χ0) is 18.4. The van der Waals surface area contributed by atoms with E-state index < -0.39 is 18.0 Å². The van der Waals surface area contributed by atoms with Crippen LogP contribution in [-0.4, -0.2) is 24.6 Å². The Bertz CT molecular complexity index is 779. The van der Waals surface area contributed by atoms with Crippen molar-refractivity contribution in [2.45, 2.75) is 20.0 Å². The van der Waals surface area contributed by atoms with Crippen LogP contribution in [0.5, 0.6) is 5.75 Å². The molecule has 1 atom stereocenters. The fourth-order valence-corrected chi connectivity index (χ4v) is 2.41. The van der Waals surface area contributed by atoms with E-state index in [1.165, 1.54) is 13.0 Å². The van der Waals surface area contributed by atoms with Crippen LogP contribution in [0.2, 0.25) is 10.0 Å². The van der Waals surface area contributed by atoms with Gasteiger partial charge in [-0.15, -0.1) is 0 Å². The number of halogens is 2. The highest BCUT2D eigenvalue weighted by Crippen LogP contribution is 2.25. The Labute approximate surface area is 155 Å². The van der Waals surface area contributed by atoms with Crippen molar-refractivity contribution in [3.05, 3.63) is 58.1 Å². The highest BCUT2D eigenvalue weighted by atomic mass is 35.5. The molecule has 0 heterocycles. The Morgan fingerprint density at radius 2 is 1.92 bits per heavy atom. The Morgan fingerprint density at radius 3 is 2.60 bits per heavy atom. The molecule has 132 valence electrons. The number of rotatable bonds is 6. The first kappa shape index (κ1) is 19.1. The zero-order valence-electron chi connectivity index (χ0n) is 13.7. The second-order valence-corrected chi connectivity index (χ2v) is 6.19. The average molecular weight is 382 g/mol. The van der Waals surface area contributed by atoms with E-state index in [0.29, 0.717) is 21.5 Å². The van der Waals surface area contributed by atoms with E-state index in [1.54, 1.807) is 24.3 Å². The maximum atomic E-state index is 12.1. The van der Waals surface area contributed by atoms with E-state index in [1.807, 2.05) is 19.1 Å². The quantitative estimate of drug-likeness (QED) is 0.759. The van der Waals surface area contributed by atoms with E-state index in [-0.39, 0.29) is 6.61 Å². The van der Waals surface area contributed by atoms with Gasteiger partial charge >= 0.3 is 5.97 Å². The number of carbonyl (C=O) groups excluding carboxylic acids is 2. The van der Waals surface area contributed by atoms with Crippen LogP contribution >= 0.6 is 23.2 Å². The SMILES string of the molecule is Cc1cccc(OCC(=O)O[C@@H](C)C(=O)Nc2ccc(Cl)cc2Cl)c1. The Kier molecular flexibility index (Phi) is 6.67. The largest absolute Gasteiger partial charge is 0.482 e. The molecule has 0 saturated heterocycles. The van der Waals surface area contributed by atoms with Gasteiger partial charge in [-0.1, -0.05) is 35.3 Å². The van der Waals surface area contributed by atoms with Crippen molar-refractivity contribution >= 4 is 40.8 Å². The first-order chi connectivity index (χ1) is 11.8. The number of hydrogen-bond acceptors (Lipinski definition) is 4. The molecule has 0 aromatic heterocycles. The lowest BCUT2D eigenvalue weighted by Gasteiger charge is -2.14. The summed E-state index contributed by atoms with van der Waals surface area (Å²) < 4.78 is 10.4. The van der Waals surface area contributed by atoms with Crippen LogP contribution in [-0.2, 0) is 14.3 Å². The van der Waals surface area contributed by atoms with Crippen LogP contribution in [0, 0.1) is 6.92 Å². The number of carbonyl (C=O) groups is 2. The molecule has 0 fully saturated rings. The van der Waals surface area contributed by atoms with Gasteiger partial charge in [-0.25, -0.2) is 4.79 Å². The smallest absolute Gasteiger partial charge is 0.344 e. The van der Waals surface area contributed by atoms with Crippen LogP contribution < -0.4 is 10.1 Å². The van der Waals surface area contributed by atoms with Gasteiger partial charge in [0.1, 0.15) is 5.75 Å². The molecule has 1 N–H and O–H groups in total. The number of hydrogen-bond donors (Lipinski definition) is 1. The molecule has 0 bridgehead atoms. The van der Waals surface area contributed by atoms with Crippen molar-refractivity contribution in [3.63, 3.8) is 0 Å². The molecule has 0 aliphatic carbocycles. The normalized spacial score (nSPS) is 11.5. The molecule has 7 heteroatoms. The van der Waals surface area contributed by atoms with Crippen LogP contribution in [0.25, 0.3) is 0 Å². The van der Waals surface area contributed by atoms with Crippen LogP contribution in [0.3, 0.4) is 0 Å². The molecule has 2 rings (SSSR count). The zero-order valence-corrected chi connectivity index (χ0v) is 15.2. The van der Waals surface area contributed by atoms with Crippen LogP contribution in [0.1, 0.15) is 12.5 Å². The molecule has 0 unspecified atom stereocenters. The Balaban J connectivity index is 1.84. The number of anilines is 1. The molecular weight excluding hydrogens is 365 g/mol. The number of nitrogens with one attached hydrogen (secondary N) is 1. The molecule has 0 saturated carbocycles. The van der Waals surface area contributed by atoms with Gasteiger partial charge in [0.15, 0.2) is 12.7 Å². The fraction of sp³-hybridized carbons (Fsp3) is 0.222. The molecule has 0 aliphatic heterocycles. The van der Waals surface area contributed by atoms with Gasteiger partial charge < -0.3 is 14.8 Å². The molecule has 0 aliphatic rings. The van der Waals surface area contributed by atoms with E-state index >= 15 is 0 Å². The highest BCUT2D eigenvalue weighted by Gasteiger charge is 2.19. The summed E-state index contributed by atoms with van der Waals surface area (Å²) >= 11 is 11.8. The predicted octanol–water partition coefficient (Wildman–Crippen LogP) is 4.25. The summed E-state index contributed by atoms with van der Waals surface area (Å²) in [5.74, 6) is -0.596. The van der Waals surface area contributed by atoms with E-state index in [4.69, 9.17) is 32.7 Å². The first-order valence-corrected chi connectivity index (χ1v) is 8.25. The Hall–Kier alpha value is -2.24. The van der Waals surface area contributed by atoms with Crippen molar-refractivity contribution in [1.82, 2.24) is 0 Å². The third-order valence-electron chi connectivity index (χ3n) is 3.21. The van der Waals surface area contributed by atoms with Crippen LogP contribution in [0.4, 0.5) is 5.69 Å². The minimum Gasteiger partial charge on any atom is -0.482 e. The number of aryl methyl sites for hydroxylation is 1. The summed E-state index contributed by atoms with van der Waals surface area (Å²) in [6.07, 6.45) is -1.000. The molecular formula is C18H17Cl2NO4. The summed E-state index contributed by atoms with van der Waals surface area (Å²) in [4.78, 5) is 23.9. The summed E-state index contributed by atoms with van der Waals surface area (Å²) in [7, 11) is 0. The van der Waals surface area contributed by atoms with Crippen molar-refractivity contribution in [3.8, 4) is 5.75 Å². The van der Waals surface area contributed by atoms with E-state index in [9.17, 15) is 9.59 Å². The summed E-state index contributed by atoms with van der Waals surface area (Å²) in [6, 6.07) is 11.9. The highest BCUT2D eigenvalue weighted by molar-refractivity contribution is 6.36. The second-order valence-electron chi connectivity index (χ2n) is 5.35. The second kappa shape index (κ2) is 8.74. The monoisotopic (exact) mass is 381 g/mol. The van der Waals surface area contributed by atoms with E-state index in [0.717, 1.165) is 5.56 Å². The predicted molar refractivity (Wildman–Crippen MR) is 97.3 cm³/mol. The van der Waals surface area contributed by atoms with Gasteiger partial charge in [-0.3, -0.25) is 4.79 Å². The lowest BCUT2D eigenvalue weighted by atomic mass is 10.2. The van der Waals surface area contributed by atoms with Gasteiger partial charge in [0.05, 0.1) is 10.7 Å². The minimum absolute atomic E-state index is 0.289. The molecule has 25 heavy (non-hydrogen) atoms. The standard InChI is InChI=1S/C18H17Cl2NO4/c1-11-4-3-5-14(8-11)24-10-17(22)25-12(2)18(23)21-16-7-6-13(19)9-15(16)20/h3-9,12H,10H2,1-2H3,(H,21,23)/t12-/m0/s1. The number of esters is 1. The lowest BCUT2D eigenvalue weighted by molar-refractivity contribution is -0.155. The summed E-state index contributed by atoms with van der Waals surface area (Å²) in [5.41, 5.74) is 1.40. The van der Waals surface area contributed by atoms with Gasteiger partial charge in [-0.05, 0) is 49.7 Å². The maximum absolute atomic E-state index is 12.1. The van der Waals surface area contributed by atoms with Gasteiger partial charge in [0.2, 0.25) is 0 Å². The van der Waals surface area contributed by atoms with Crippen molar-refractivity contribution in [2.24, 2.45) is 0 Å². The average Bonchev–Trinajstić information content (AvgIpc) is 2.55. The minimum atomic E-state index is -1.000.